The lowest BCUT2D eigenvalue weighted by molar-refractivity contribution is -0.146. The summed E-state index contributed by atoms with van der Waals surface area (Å²) in [6.45, 7) is 5.08. The average molecular weight is 418 g/mol. The van der Waals surface area contributed by atoms with E-state index < -0.39 is 18.1 Å². The smallest absolute Gasteiger partial charge is 0.328 e. The van der Waals surface area contributed by atoms with Gasteiger partial charge in [0.1, 0.15) is 6.04 Å². The van der Waals surface area contributed by atoms with E-state index in [1.54, 1.807) is 0 Å². The third-order valence-electron chi connectivity index (χ3n) is 4.22. The van der Waals surface area contributed by atoms with E-state index in [-0.39, 0.29) is 11.8 Å². The van der Waals surface area contributed by atoms with Crippen molar-refractivity contribution in [1.82, 2.24) is 5.32 Å². The summed E-state index contributed by atoms with van der Waals surface area (Å²) >= 11 is 11.7. The summed E-state index contributed by atoms with van der Waals surface area (Å²) < 4.78 is 4.73. The number of methoxy groups -OCH3 is 1. The van der Waals surface area contributed by atoms with Gasteiger partial charge in [-0.3, -0.25) is 4.79 Å². The number of amides is 1. The fraction of sp³-hybridized carbons (Fsp3) is 0.579. The normalized spacial score (nSPS) is 13.1. The van der Waals surface area contributed by atoms with Gasteiger partial charge in [-0.2, -0.15) is 0 Å². The van der Waals surface area contributed by atoms with Crippen LogP contribution in [0.2, 0.25) is 0 Å². The summed E-state index contributed by atoms with van der Waals surface area (Å²) in [6, 6.07) is 6.31. The van der Waals surface area contributed by atoms with Gasteiger partial charge in [-0.05, 0) is 30.0 Å². The Hall–Kier alpha value is -1.50. The molecule has 0 saturated carbocycles. The highest BCUT2D eigenvalue weighted by Gasteiger charge is 2.27. The van der Waals surface area contributed by atoms with Gasteiger partial charge in [0.05, 0.1) is 13.2 Å². The minimum absolute atomic E-state index is 0.0947. The van der Waals surface area contributed by atoms with Crippen LogP contribution in [-0.4, -0.2) is 55.9 Å². The van der Waals surface area contributed by atoms with Gasteiger partial charge in [0, 0.05) is 30.5 Å². The van der Waals surface area contributed by atoms with Gasteiger partial charge in [0.15, 0.2) is 0 Å². The third kappa shape index (κ3) is 7.56. The van der Waals surface area contributed by atoms with Crippen LogP contribution in [0.4, 0.5) is 5.69 Å². The van der Waals surface area contributed by atoms with Crippen molar-refractivity contribution in [3.8, 4) is 0 Å². The lowest BCUT2D eigenvalue weighted by atomic mass is 10.0. The molecule has 0 fully saturated rings. The van der Waals surface area contributed by atoms with Crippen molar-refractivity contribution in [2.75, 3.05) is 36.9 Å². The number of esters is 1. The van der Waals surface area contributed by atoms with Crippen LogP contribution in [0.25, 0.3) is 0 Å². The molecule has 0 spiro atoms. The topological polar surface area (TPSA) is 84.7 Å². The molecule has 0 aromatic heterocycles. The fourth-order valence-electron chi connectivity index (χ4n) is 2.65. The van der Waals surface area contributed by atoms with Gasteiger partial charge < -0.3 is 20.7 Å². The first-order chi connectivity index (χ1) is 12.8. The van der Waals surface area contributed by atoms with Crippen LogP contribution in [0.15, 0.2) is 24.3 Å². The number of alkyl halides is 2. The number of carbonyl (C=O) groups excluding carboxylic acids is 2. The maximum Gasteiger partial charge on any atom is 0.328 e. The highest BCUT2D eigenvalue weighted by atomic mass is 35.5. The van der Waals surface area contributed by atoms with E-state index in [0.717, 1.165) is 11.3 Å². The maximum absolute atomic E-state index is 12.3. The monoisotopic (exact) mass is 417 g/mol. The van der Waals surface area contributed by atoms with Gasteiger partial charge in [-0.25, -0.2) is 4.79 Å². The second-order valence-electron chi connectivity index (χ2n) is 6.60. The second kappa shape index (κ2) is 12.1. The van der Waals surface area contributed by atoms with Crippen LogP contribution < -0.4 is 16.0 Å². The number of rotatable bonds is 11. The highest BCUT2D eigenvalue weighted by Crippen LogP contribution is 2.16. The number of hydrogen-bond acceptors (Lipinski definition) is 5. The van der Waals surface area contributed by atoms with Crippen LogP contribution in [0, 0.1) is 5.92 Å². The first-order valence-corrected chi connectivity index (χ1v) is 10.0. The minimum atomic E-state index is -0.761. The molecule has 2 unspecified atom stereocenters. The highest BCUT2D eigenvalue weighted by molar-refractivity contribution is 6.18. The van der Waals surface area contributed by atoms with Crippen molar-refractivity contribution in [3.63, 3.8) is 0 Å². The molecule has 1 rings (SSSR count). The molecule has 0 aliphatic carbocycles. The lowest BCUT2D eigenvalue weighted by Crippen LogP contribution is -2.51. The number of benzene rings is 1. The molecule has 152 valence electrons. The van der Waals surface area contributed by atoms with E-state index in [9.17, 15) is 9.59 Å². The van der Waals surface area contributed by atoms with E-state index in [2.05, 4.69) is 10.2 Å². The summed E-state index contributed by atoms with van der Waals surface area (Å²) in [6.07, 6.45) is 0.364. The predicted molar refractivity (Wildman–Crippen MR) is 111 cm³/mol. The quantitative estimate of drug-likeness (QED) is 0.425. The number of nitrogens with one attached hydrogen (secondary N) is 1. The van der Waals surface area contributed by atoms with Crippen LogP contribution in [0.1, 0.15) is 19.4 Å². The minimum Gasteiger partial charge on any atom is -0.467 e. The van der Waals surface area contributed by atoms with Crippen molar-refractivity contribution in [1.29, 1.82) is 0 Å². The Kier molecular flexibility index (Phi) is 10.5. The zero-order valence-corrected chi connectivity index (χ0v) is 17.6. The van der Waals surface area contributed by atoms with Crippen LogP contribution >= 0.6 is 23.2 Å². The van der Waals surface area contributed by atoms with E-state index in [4.69, 9.17) is 33.7 Å². The van der Waals surface area contributed by atoms with E-state index in [1.807, 2.05) is 38.1 Å². The van der Waals surface area contributed by atoms with E-state index in [0.29, 0.717) is 31.3 Å². The van der Waals surface area contributed by atoms with Gasteiger partial charge in [-0.1, -0.05) is 26.0 Å². The number of hydrogen-bond donors (Lipinski definition) is 2. The molecule has 2 atom stereocenters. The molecule has 27 heavy (non-hydrogen) atoms. The number of anilines is 1. The Labute approximate surface area is 171 Å². The van der Waals surface area contributed by atoms with Crippen molar-refractivity contribution in [2.45, 2.75) is 32.4 Å². The maximum atomic E-state index is 12.3. The van der Waals surface area contributed by atoms with E-state index in [1.165, 1.54) is 7.11 Å². The Morgan fingerprint density at radius 3 is 2.15 bits per heavy atom. The standard InChI is InChI=1S/C19H29Cl2N3O3/c1-13(2)17(19(26)27-3)23-18(25)16(22)12-14-4-6-15(7-5-14)24(10-8-20)11-9-21/h4-7,13,16-17H,8-12,22H2,1-3H3,(H,23,25). The van der Waals surface area contributed by atoms with Gasteiger partial charge in [0.2, 0.25) is 5.91 Å². The first-order valence-electron chi connectivity index (χ1n) is 8.93. The summed E-state index contributed by atoms with van der Waals surface area (Å²) in [5.41, 5.74) is 7.97. The number of ether oxygens (including phenoxy) is 1. The molecule has 0 heterocycles. The zero-order valence-electron chi connectivity index (χ0n) is 16.1. The molecule has 8 heteroatoms. The summed E-state index contributed by atoms with van der Waals surface area (Å²) in [4.78, 5) is 26.2. The number of halogens is 2. The Morgan fingerprint density at radius 2 is 1.70 bits per heavy atom. The average Bonchev–Trinajstić information content (AvgIpc) is 2.65. The van der Waals surface area contributed by atoms with Gasteiger partial charge in [-0.15, -0.1) is 23.2 Å². The Bertz CT molecular complexity index is 590. The van der Waals surface area contributed by atoms with Gasteiger partial charge >= 0.3 is 5.97 Å². The Balaban J connectivity index is 2.71. The number of nitrogens with two attached hydrogens (primary N) is 1. The number of nitrogens with zero attached hydrogens (tertiary/aromatic N) is 1. The molecule has 0 radical (unpaired) electrons. The molecule has 0 saturated heterocycles. The summed E-state index contributed by atoms with van der Waals surface area (Å²) in [7, 11) is 1.29. The predicted octanol–water partition coefficient (Wildman–Crippen LogP) is 2.15. The molecule has 6 nitrogen and oxygen atoms in total. The van der Waals surface area contributed by atoms with Crippen LogP contribution in [0.3, 0.4) is 0 Å². The van der Waals surface area contributed by atoms with Crippen molar-refractivity contribution < 1.29 is 14.3 Å². The van der Waals surface area contributed by atoms with Gasteiger partial charge in [0.25, 0.3) is 0 Å². The molecule has 1 amide bonds. The van der Waals surface area contributed by atoms with Crippen molar-refractivity contribution >= 4 is 40.8 Å². The summed E-state index contributed by atoms with van der Waals surface area (Å²) in [5, 5.41) is 2.67. The molecule has 3 N–H and O–H groups in total. The van der Waals surface area contributed by atoms with Crippen LogP contribution in [-0.2, 0) is 20.7 Å². The Morgan fingerprint density at radius 1 is 1.15 bits per heavy atom. The molecule has 0 aliphatic heterocycles. The molecule has 1 aromatic carbocycles. The molecule has 1 aromatic rings. The largest absolute Gasteiger partial charge is 0.467 e. The molecular weight excluding hydrogens is 389 g/mol. The first kappa shape index (κ1) is 23.5. The van der Waals surface area contributed by atoms with E-state index >= 15 is 0 Å². The SMILES string of the molecule is COC(=O)C(NC(=O)C(N)Cc1ccc(N(CCCl)CCCl)cc1)C(C)C. The van der Waals surface area contributed by atoms with Crippen molar-refractivity contribution in [2.24, 2.45) is 11.7 Å². The third-order valence-corrected chi connectivity index (χ3v) is 4.56. The summed E-state index contributed by atoms with van der Waals surface area (Å²) in [5.74, 6) is 0.0762. The van der Waals surface area contributed by atoms with Crippen LogP contribution in [0.5, 0.6) is 0 Å². The molecule has 0 bridgehead atoms. The molecule has 0 aliphatic rings. The fourth-order valence-corrected chi connectivity index (χ4v) is 3.06. The van der Waals surface area contributed by atoms with Crippen molar-refractivity contribution in [3.05, 3.63) is 29.8 Å². The second-order valence-corrected chi connectivity index (χ2v) is 7.35. The molecular formula is C19H29Cl2N3O3. The number of carbonyl (C=O) groups is 2. The lowest BCUT2D eigenvalue weighted by Gasteiger charge is -2.23. The zero-order chi connectivity index (χ0) is 20.4.